The highest BCUT2D eigenvalue weighted by Gasteiger charge is 2.14. The summed E-state index contributed by atoms with van der Waals surface area (Å²) in [6.45, 7) is 2.73. The first-order chi connectivity index (χ1) is 7.95. The van der Waals surface area contributed by atoms with Crippen LogP contribution in [0.5, 0.6) is 5.75 Å². The molecule has 0 aliphatic heterocycles. The van der Waals surface area contributed by atoms with E-state index < -0.39 is 0 Å². The molecule has 1 aromatic carbocycles. The molecule has 3 nitrogen and oxygen atoms in total. The summed E-state index contributed by atoms with van der Waals surface area (Å²) in [7, 11) is 3.66. The lowest BCUT2D eigenvalue weighted by Gasteiger charge is -2.24. The highest BCUT2D eigenvalue weighted by molar-refractivity contribution is 9.10. The SMILES string of the molecule is COc1ccc(Br)cc1CN(C)C(C)C(N)=S. The van der Waals surface area contributed by atoms with Crippen LogP contribution in [-0.4, -0.2) is 30.1 Å². The van der Waals surface area contributed by atoms with Crippen LogP contribution in [0.3, 0.4) is 0 Å². The van der Waals surface area contributed by atoms with Crippen LogP contribution in [0.1, 0.15) is 12.5 Å². The Balaban J connectivity index is 2.86. The number of ether oxygens (including phenoxy) is 1. The lowest BCUT2D eigenvalue weighted by Crippen LogP contribution is -2.38. The molecular formula is C12H17BrN2OS. The van der Waals surface area contributed by atoms with Crippen molar-refractivity contribution in [3.8, 4) is 5.75 Å². The van der Waals surface area contributed by atoms with Crippen molar-refractivity contribution in [2.75, 3.05) is 14.2 Å². The van der Waals surface area contributed by atoms with Gasteiger partial charge in [0.05, 0.1) is 18.1 Å². The molecule has 0 saturated carbocycles. The fourth-order valence-electron chi connectivity index (χ4n) is 1.49. The molecule has 0 aromatic heterocycles. The monoisotopic (exact) mass is 316 g/mol. The van der Waals surface area contributed by atoms with Gasteiger partial charge in [0.15, 0.2) is 0 Å². The zero-order chi connectivity index (χ0) is 13.0. The van der Waals surface area contributed by atoms with E-state index in [9.17, 15) is 0 Å². The maximum atomic E-state index is 5.64. The van der Waals surface area contributed by atoms with Gasteiger partial charge in [-0.3, -0.25) is 4.90 Å². The molecule has 0 aliphatic carbocycles. The minimum absolute atomic E-state index is 0.0636. The van der Waals surface area contributed by atoms with Crippen LogP contribution in [-0.2, 0) is 6.54 Å². The highest BCUT2D eigenvalue weighted by Crippen LogP contribution is 2.24. The van der Waals surface area contributed by atoms with E-state index in [4.69, 9.17) is 22.7 Å². The third kappa shape index (κ3) is 3.94. The van der Waals surface area contributed by atoms with Crippen molar-refractivity contribution in [1.82, 2.24) is 4.90 Å². The Morgan fingerprint density at radius 3 is 2.76 bits per heavy atom. The number of benzene rings is 1. The van der Waals surface area contributed by atoms with Gasteiger partial charge in [0, 0.05) is 16.6 Å². The molecule has 94 valence electrons. The molecule has 0 amide bonds. The Kier molecular flexibility index (Phi) is 5.36. The van der Waals surface area contributed by atoms with Gasteiger partial charge in [-0.2, -0.15) is 0 Å². The topological polar surface area (TPSA) is 38.5 Å². The van der Waals surface area contributed by atoms with Crippen molar-refractivity contribution in [3.63, 3.8) is 0 Å². The van der Waals surface area contributed by atoms with Crippen LogP contribution in [0.25, 0.3) is 0 Å². The number of nitrogens with zero attached hydrogens (tertiary/aromatic N) is 1. The summed E-state index contributed by atoms with van der Waals surface area (Å²) in [5.41, 5.74) is 6.74. The third-order valence-corrected chi connectivity index (χ3v) is 3.57. The molecule has 1 atom stereocenters. The van der Waals surface area contributed by atoms with Crippen molar-refractivity contribution in [1.29, 1.82) is 0 Å². The smallest absolute Gasteiger partial charge is 0.123 e. The highest BCUT2D eigenvalue weighted by atomic mass is 79.9. The standard InChI is InChI=1S/C12H17BrN2OS/c1-8(12(14)17)15(2)7-9-6-10(13)4-5-11(9)16-3/h4-6,8H,7H2,1-3H3,(H2,14,17). The summed E-state index contributed by atoms with van der Waals surface area (Å²) in [5, 5.41) is 0. The van der Waals surface area contributed by atoms with Gasteiger partial charge in [-0.05, 0) is 32.2 Å². The molecule has 0 aliphatic rings. The quantitative estimate of drug-likeness (QED) is 0.847. The fraction of sp³-hybridized carbons (Fsp3) is 0.417. The molecule has 1 unspecified atom stereocenters. The van der Waals surface area contributed by atoms with Crippen LogP contribution in [0.2, 0.25) is 0 Å². The molecule has 0 fully saturated rings. The molecule has 0 bridgehead atoms. The van der Waals surface area contributed by atoms with E-state index in [-0.39, 0.29) is 6.04 Å². The first-order valence-electron chi connectivity index (χ1n) is 5.27. The summed E-state index contributed by atoms with van der Waals surface area (Å²) in [4.78, 5) is 2.59. The number of likely N-dealkylation sites (N-methyl/N-ethyl adjacent to an activating group) is 1. The maximum absolute atomic E-state index is 5.64. The number of thiocarbonyl (C=S) groups is 1. The summed E-state index contributed by atoms with van der Waals surface area (Å²) in [5.74, 6) is 0.871. The summed E-state index contributed by atoms with van der Waals surface area (Å²) >= 11 is 8.45. The normalized spacial score (nSPS) is 12.5. The molecule has 0 radical (unpaired) electrons. The predicted molar refractivity (Wildman–Crippen MR) is 78.4 cm³/mol. The summed E-state index contributed by atoms with van der Waals surface area (Å²) < 4.78 is 6.36. The fourth-order valence-corrected chi connectivity index (χ4v) is 2.08. The molecule has 0 saturated heterocycles. The first-order valence-corrected chi connectivity index (χ1v) is 6.47. The number of hydrogen-bond donors (Lipinski definition) is 1. The molecule has 1 aromatic rings. The Morgan fingerprint density at radius 2 is 2.24 bits per heavy atom. The Bertz CT molecular complexity index is 411. The Labute approximate surface area is 116 Å². The second-order valence-electron chi connectivity index (χ2n) is 3.95. The molecular weight excluding hydrogens is 300 g/mol. The van der Waals surface area contributed by atoms with Crippen molar-refractivity contribution < 1.29 is 4.74 Å². The molecule has 0 spiro atoms. The minimum atomic E-state index is 0.0636. The van der Waals surface area contributed by atoms with Gasteiger partial charge < -0.3 is 10.5 Å². The lowest BCUT2D eigenvalue weighted by molar-refractivity contribution is 0.297. The molecule has 0 heterocycles. The van der Waals surface area contributed by atoms with Gasteiger partial charge >= 0.3 is 0 Å². The first kappa shape index (κ1) is 14.4. The maximum Gasteiger partial charge on any atom is 0.123 e. The van der Waals surface area contributed by atoms with Gasteiger partial charge in [0.1, 0.15) is 5.75 Å². The molecule has 5 heteroatoms. The van der Waals surface area contributed by atoms with E-state index in [1.807, 2.05) is 32.2 Å². The van der Waals surface area contributed by atoms with Crippen LogP contribution >= 0.6 is 28.1 Å². The van der Waals surface area contributed by atoms with E-state index >= 15 is 0 Å². The lowest BCUT2D eigenvalue weighted by atomic mass is 10.1. The van der Waals surface area contributed by atoms with Crippen molar-refractivity contribution in [2.24, 2.45) is 5.73 Å². The van der Waals surface area contributed by atoms with Gasteiger partial charge in [0.25, 0.3) is 0 Å². The number of nitrogens with two attached hydrogens (primary N) is 1. The van der Waals surface area contributed by atoms with Gasteiger partial charge in [-0.25, -0.2) is 0 Å². The predicted octanol–water partition coefficient (Wildman–Crippen LogP) is 2.56. The molecule has 17 heavy (non-hydrogen) atoms. The van der Waals surface area contributed by atoms with Crippen LogP contribution in [0.4, 0.5) is 0 Å². The summed E-state index contributed by atoms with van der Waals surface area (Å²) in [6.07, 6.45) is 0. The number of rotatable bonds is 5. The Morgan fingerprint density at radius 1 is 1.59 bits per heavy atom. The number of hydrogen-bond acceptors (Lipinski definition) is 3. The van der Waals surface area contributed by atoms with E-state index in [0.717, 1.165) is 22.3 Å². The second-order valence-corrected chi connectivity index (χ2v) is 5.34. The van der Waals surface area contributed by atoms with E-state index in [2.05, 4.69) is 20.8 Å². The van der Waals surface area contributed by atoms with Gasteiger partial charge in [0.2, 0.25) is 0 Å². The zero-order valence-electron chi connectivity index (χ0n) is 10.2. The second kappa shape index (κ2) is 6.33. The minimum Gasteiger partial charge on any atom is -0.496 e. The average Bonchev–Trinajstić information content (AvgIpc) is 2.28. The van der Waals surface area contributed by atoms with E-state index in [0.29, 0.717) is 4.99 Å². The average molecular weight is 317 g/mol. The van der Waals surface area contributed by atoms with Crippen molar-refractivity contribution in [2.45, 2.75) is 19.5 Å². The van der Waals surface area contributed by atoms with E-state index in [1.165, 1.54) is 0 Å². The van der Waals surface area contributed by atoms with Crippen LogP contribution < -0.4 is 10.5 Å². The zero-order valence-corrected chi connectivity index (χ0v) is 12.6. The van der Waals surface area contributed by atoms with Gasteiger partial charge in [-0.1, -0.05) is 28.1 Å². The molecule has 1 rings (SSSR count). The van der Waals surface area contributed by atoms with Crippen LogP contribution in [0.15, 0.2) is 22.7 Å². The third-order valence-electron chi connectivity index (χ3n) is 2.74. The Hall–Kier alpha value is -0.650. The van der Waals surface area contributed by atoms with Crippen LogP contribution in [0, 0.1) is 0 Å². The largest absolute Gasteiger partial charge is 0.496 e. The van der Waals surface area contributed by atoms with E-state index in [1.54, 1.807) is 7.11 Å². The van der Waals surface area contributed by atoms with Gasteiger partial charge in [-0.15, -0.1) is 0 Å². The van der Waals surface area contributed by atoms with Crippen molar-refractivity contribution in [3.05, 3.63) is 28.2 Å². The number of halogens is 1. The summed E-state index contributed by atoms with van der Waals surface area (Å²) in [6, 6.07) is 6.01. The molecule has 2 N–H and O–H groups in total. The van der Waals surface area contributed by atoms with Crippen molar-refractivity contribution >= 4 is 33.1 Å². The number of methoxy groups -OCH3 is 1.